The van der Waals surface area contributed by atoms with Gasteiger partial charge in [-0.05, 0) is 13.8 Å². The fourth-order valence-electron chi connectivity index (χ4n) is 1.22. The maximum Gasteiger partial charge on any atom is 0.332 e. The van der Waals surface area contributed by atoms with Gasteiger partial charge in [-0.25, -0.2) is 10.8 Å². The van der Waals surface area contributed by atoms with Gasteiger partial charge in [-0.15, -0.1) is 0 Å². The van der Waals surface area contributed by atoms with Crippen LogP contribution in [0.4, 0.5) is 17.5 Å². The van der Waals surface area contributed by atoms with Crippen LogP contribution in [0.25, 0.3) is 0 Å². The number of rotatable bonds is 5. The summed E-state index contributed by atoms with van der Waals surface area (Å²) in [5, 5.41) is 22.7. The van der Waals surface area contributed by atoms with Crippen molar-refractivity contribution in [3.63, 3.8) is 0 Å². The van der Waals surface area contributed by atoms with Crippen molar-refractivity contribution in [1.29, 1.82) is 0 Å². The predicted octanol–water partition coefficient (Wildman–Crippen LogP) is -0.228. The van der Waals surface area contributed by atoms with Crippen molar-refractivity contribution in [2.45, 2.75) is 20.0 Å². The van der Waals surface area contributed by atoms with E-state index in [-0.39, 0.29) is 29.7 Å². The number of hydrazine groups is 1. The van der Waals surface area contributed by atoms with Gasteiger partial charge in [-0.2, -0.15) is 4.98 Å². The number of nitro groups is 1. The molecule has 0 spiro atoms. The first-order valence-corrected chi connectivity index (χ1v) is 4.87. The first-order chi connectivity index (χ1) is 7.95. The molecule has 0 radical (unpaired) electrons. The highest BCUT2D eigenvalue weighted by Gasteiger charge is 2.21. The Bertz CT molecular complexity index is 422. The van der Waals surface area contributed by atoms with E-state index in [0.717, 1.165) is 0 Å². The van der Waals surface area contributed by atoms with E-state index in [1.807, 2.05) is 0 Å². The van der Waals surface area contributed by atoms with Crippen molar-refractivity contribution in [2.75, 3.05) is 17.3 Å². The molecule has 1 rings (SSSR count). The predicted molar refractivity (Wildman–Crippen MR) is 61.4 cm³/mol. The standard InChI is InChI=1S/C8H14N6O3/c1-4(15)3-10-7-6(14(16)17)5(2)11-8(12-7)13-9/h4,15H,3,9H2,1-2H3,(H2,10,11,12,13). The van der Waals surface area contributed by atoms with Crippen LogP contribution in [-0.4, -0.2) is 32.6 Å². The third-order valence-corrected chi connectivity index (χ3v) is 1.93. The van der Waals surface area contributed by atoms with E-state index in [2.05, 4.69) is 20.7 Å². The van der Waals surface area contributed by atoms with Crippen molar-refractivity contribution in [1.82, 2.24) is 9.97 Å². The highest BCUT2D eigenvalue weighted by Crippen LogP contribution is 2.26. The quantitative estimate of drug-likeness (QED) is 0.315. The zero-order valence-corrected chi connectivity index (χ0v) is 9.47. The molecule has 0 fully saturated rings. The summed E-state index contributed by atoms with van der Waals surface area (Å²) in [7, 11) is 0. The monoisotopic (exact) mass is 242 g/mol. The number of nitrogens with zero attached hydrogens (tertiary/aromatic N) is 3. The first kappa shape index (κ1) is 13.1. The summed E-state index contributed by atoms with van der Waals surface area (Å²) in [6.07, 6.45) is -0.654. The maximum atomic E-state index is 10.9. The molecular weight excluding hydrogens is 228 g/mol. The zero-order valence-electron chi connectivity index (χ0n) is 9.47. The lowest BCUT2D eigenvalue weighted by molar-refractivity contribution is -0.385. The minimum absolute atomic E-state index is 0.0244. The molecule has 0 aliphatic rings. The normalized spacial score (nSPS) is 12.0. The van der Waals surface area contributed by atoms with Crippen LogP contribution in [0.5, 0.6) is 0 Å². The molecular formula is C8H14N6O3. The van der Waals surface area contributed by atoms with E-state index >= 15 is 0 Å². The van der Waals surface area contributed by atoms with Crippen LogP contribution in [0.3, 0.4) is 0 Å². The van der Waals surface area contributed by atoms with Gasteiger partial charge in [-0.3, -0.25) is 15.5 Å². The molecule has 0 amide bonds. The average molecular weight is 242 g/mol. The summed E-state index contributed by atoms with van der Waals surface area (Å²) in [6, 6.07) is 0. The van der Waals surface area contributed by atoms with E-state index < -0.39 is 11.0 Å². The fourth-order valence-corrected chi connectivity index (χ4v) is 1.22. The smallest absolute Gasteiger partial charge is 0.332 e. The molecule has 94 valence electrons. The van der Waals surface area contributed by atoms with E-state index in [1.165, 1.54) is 6.92 Å². The Kier molecular flexibility index (Phi) is 4.12. The van der Waals surface area contributed by atoms with Gasteiger partial charge in [0.15, 0.2) is 0 Å². The number of aromatic nitrogens is 2. The lowest BCUT2D eigenvalue weighted by atomic mass is 10.3. The van der Waals surface area contributed by atoms with Crippen molar-refractivity contribution >= 4 is 17.5 Å². The van der Waals surface area contributed by atoms with Crippen molar-refractivity contribution in [2.24, 2.45) is 5.84 Å². The molecule has 9 nitrogen and oxygen atoms in total. The maximum absolute atomic E-state index is 10.9. The minimum Gasteiger partial charge on any atom is -0.392 e. The Morgan fingerprint density at radius 2 is 2.24 bits per heavy atom. The summed E-state index contributed by atoms with van der Waals surface area (Å²) in [6.45, 7) is 3.17. The SMILES string of the molecule is Cc1nc(NN)nc(NCC(C)O)c1[N+](=O)[O-]. The van der Waals surface area contributed by atoms with Gasteiger partial charge >= 0.3 is 5.69 Å². The third kappa shape index (κ3) is 3.23. The lowest BCUT2D eigenvalue weighted by Gasteiger charge is -2.10. The Balaban J connectivity index is 3.13. The van der Waals surface area contributed by atoms with Crippen LogP contribution in [0.1, 0.15) is 12.6 Å². The lowest BCUT2D eigenvalue weighted by Crippen LogP contribution is -2.19. The molecule has 0 aliphatic carbocycles. The number of aliphatic hydroxyl groups is 1. The van der Waals surface area contributed by atoms with Crippen molar-refractivity contribution in [3.8, 4) is 0 Å². The second-order valence-corrected chi connectivity index (χ2v) is 3.46. The van der Waals surface area contributed by atoms with Crippen LogP contribution in [0.2, 0.25) is 0 Å². The average Bonchev–Trinajstić information content (AvgIpc) is 2.24. The zero-order chi connectivity index (χ0) is 13.0. The highest BCUT2D eigenvalue weighted by atomic mass is 16.6. The summed E-state index contributed by atoms with van der Waals surface area (Å²) < 4.78 is 0. The molecule has 0 aromatic carbocycles. The van der Waals surface area contributed by atoms with Gasteiger partial charge in [0, 0.05) is 6.54 Å². The van der Waals surface area contributed by atoms with E-state index in [4.69, 9.17) is 10.9 Å². The van der Waals surface area contributed by atoms with E-state index in [1.54, 1.807) is 6.92 Å². The molecule has 0 saturated heterocycles. The number of nitrogens with two attached hydrogens (primary N) is 1. The Morgan fingerprint density at radius 1 is 1.59 bits per heavy atom. The molecule has 1 aromatic rings. The number of aliphatic hydroxyl groups excluding tert-OH is 1. The number of nitrogen functional groups attached to an aromatic ring is 1. The Labute approximate surface area is 97.2 Å². The van der Waals surface area contributed by atoms with Gasteiger partial charge in [0.25, 0.3) is 0 Å². The summed E-state index contributed by atoms with van der Waals surface area (Å²) in [5.41, 5.74) is 2.17. The molecule has 5 N–H and O–H groups in total. The van der Waals surface area contributed by atoms with Gasteiger partial charge in [0.05, 0.1) is 11.0 Å². The van der Waals surface area contributed by atoms with Crippen LogP contribution < -0.4 is 16.6 Å². The molecule has 1 atom stereocenters. The molecule has 1 aromatic heterocycles. The summed E-state index contributed by atoms with van der Waals surface area (Å²) >= 11 is 0. The topological polar surface area (TPSA) is 139 Å². The second-order valence-electron chi connectivity index (χ2n) is 3.46. The number of nitrogens with one attached hydrogen (secondary N) is 2. The molecule has 1 unspecified atom stereocenters. The van der Waals surface area contributed by atoms with Crippen LogP contribution in [0, 0.1) is 17.0 Å². The summed E-state index contributed by atoms with van der Waals surface area (Å²) in [5.74, 6) is 5.24. The largest absolute Gasteiger partial charge is 0.392 e. The fraction of sp³-hybridized carbons (Fsp3) is 0.500. The number of aryl methyl sites for hydroxylation is 1. The van der Waals surface area contributed by atoms with Gasteiger partial charge in [0.1, 0.15) is 5.69 Å². The van der Waals surface area contributed by atoms with E-state index in [9.17, 15) is 10.1 Å². The highest BCUT2D eigenvalue weighted by molar-refractivity contribution is 5.60. The Hall–Kier alpha value is -2.00. The van der Waals surface area contributed by atoms with Crippen molar-refractivity contribution < 1.29 is 10.0 Å². The Morgan fingerprint density at radius 3 is 2.71 bits per heavy atom. The molecule has 0 aliphatic heterocycles. The van der Waals surface area contributed by atoms with Gasteiger partial charge < -0.3 is 10.4 Å². The van der Waals surface area contributed by atoms with Crippen LogP contribution in [-0.2, 0) is 0 Å². The second kappa shape index (κ2) is 5.37. The van der Waals surface area contributed by atoms with Gasteiger partial charge in [0.2, 0.25) is 11.8 Å². The van der Waals surface area contributed by atoms with Crippen LogP contribution >= 0.6 is 0 Å². The van der Waals surface area contributed by atoms with Gasteiger partial charge in [-0.1, -0.05) is 0 Å². The number of anilines is 2. The molecule has 1 heterocycles. The number of hydrogen-bond donors (Lipinski definition) is 4. The third-order valence-electron chi connectivity index (χ3n) is 1.93. The van der Waals surface area contributed by atoms with Crippen molar-refractivity contribution in [3.05, 3.63) is 15.8 Å². The molecule has 9 heteroatoms. The molecule has 0 bridgehead atoms. The first-order valence-electron chi connectivity index (χ1n) is 4.87. The molecule has 17 heavy (non-hydrogen) atoms. The number of hydrogen-bond acceptors (Lipinski definition) is 8. The summed E-state index contributed by atoms with van der Waals surface area (Å²) in [4.78, 5) is 17.9. The van der Waals surface area contributed by atoms with Crippen LogP contribution in [0.15, 0.2) is 0 Å². The minimum atomic E-state index is -0.654. The van der Waals surface area contributed by atoms with E-state index in [0.29, 0.717) is 0 Å². The molecule has 0 saturated carbocycles.